The lowest BCUT2D eigenvalue weighted by Crippen LogP contribution is -2.48. The van der Waals surface area contributed by atoms with Crippen molar-refractivity contribution >= 4 is 17.8 Å². The summed E-state index contributed by atoms with van der Waals surface area (Å²) in [4.78, 5) is 39.2. The van der Waals surface area contributed by atoms with Gasteiger partial charge in [0.1, 0.15) is 12.1 Å². The maximum Gasteiger partial charge on any atom is 0.325 e. The van der Waals surface area contributed by atoms with Gasteiger partial charge in [-0.15, -0.1) is 0 Å². The van der Waals surface area contributed by atoms with Gasteiger partial charge in [0.25, 0.3) is 5.91 Å². The summed E-state index contributed by atoms with van der Waals surface area (Å²) in [6, 6.07) is 7.29. The van der Waals surface area contributed by atoms with Crippen LogP contribution in [0, 0.1) is 11.8 Å². The van der Waals surface area contributed by atoms with E-state index in [1.807, 2.05) is 24.3 Å². The molecule has 4 amide bonds. The zero-order chi connectivity index (χ0) is 21.3. The number of rotatable bonds is 5. The van der Waals surface area contributed by atoms with Crippen LogP contribution in [-0.4, -0.2) is 35.3 Å². The van der Waals surface area contributed by atoms with E-state index in [0.29, 0.717) is 17.8 Å². The van der Waals surface area contributed by atoms with Gasteiger partial charge in [0.05, 0.1) is 0 Å². The zero-order valence-electron chi connectivity index (χ0n) is 18.1. The Morgan fingerprint density at radius 3 is 2.48 bits per heavy atom. The van der Waals surface area contributed by atoms with E-state index in [-0.39, 0.29) is 24.4 Å². The number of carbonyl (C=O) groups excluding carboxylic acids is 3. The molecule has 1 heterocycles. The molecular weight excluding hydrogens is 366 g/mol. The number of imide groups is 1. The number of hydrogen-bond donors (Lipinski definition) is 2. The van der Waals surface area contributed by atoms with Gasteiger partial charge in [0, 0.05) is 6.04 Å². The van der Waals surface area contributed by atoms with Crippen LogP contribution in [0.25, 0.3) is 0 Å². The third-order valence-corrected chi connectivity index (χ3v) is 6.78. The highest BCUT2D eigenvalue weighted by Crippen LogP contribution is 2.31. The highest BCUT2D eigenvalue weighted by atomic mass is 16.2. The molecule has 3 rings (SSSR count). The van der Waals surface area contributed by atoms with Crippen molar-refractivity contribution < 1.29 is 14.4 Å². The summed E-state index contributed by atoms with van der Waals surface area (Å²) in [5.41, 5.74) is 0.735. The van der Waals surface area contributed by atoms with Crippen molar-refractivity contribution in [2.75, 3.05) is 6.54 Å². The molecule has 4 atom stereocenters. The Morgan fingerprint density at radius 1 is 1.21 bits per heavy atom. The average molecular weight is 400 g/mol. The van der Waals surface area contributed by atoms with Crippen LogP contribution in [0.3, 0.4) is 0 Å². The quantitative estimate of drug-likeness (QED) is 0.744. The van der Waals surface area contributed by atoms with Gasteiger partial charge < -0.3 is 10.6 Å². The summed E-state index contributed by atoms with van der Waals surface area (Å²) in [6.07, 6.45) is 3.20. The van der Waals surface area contributed by atoms with Crippen molar-refractivity contribution in [1.29, 1.82) is 0 Å². The molecule has 158 valence electrons. The molecule has 0 bridgehead atoms. The van der Waals surface area contributed by atoms with Crippen LogP contribution >= 0.6 is 0 Å². The highest BCUT2D eigenvalue weighted by molar-refractivity contribution is 6.09. The Bertz CT molecular complexity index is 789. The summed E-state index contributed by atoms with van der Waals surface area (Å²) < 4.78 is 0. The third kappa shape index (κ3) is 4.16. The first-order chi connectivity index (χ1) is 13.6. The Morgan fingerprint density at radius 2 is 1.86 bits per heavy atom. The fourth-order valence-corrected chi connectivity index (χ4v) is 4.42. The van der Waals surface area contributed by atoms with Crippen LogP contribution in [0.2, 0.25) is 0 Å². The van der Waals surface area contributed by atoms with Gasteiger partial charge in [0.15, 0.2) is 0 Å². The number of amides is 4. The standard InChI is InChI=1S/C23H33N3O3/c1-14(2)17-9-11-18(12-10-17)23(5)21(28)26(22(29)25-23)13-20(27)24-19-8-6-7-15(3)16(19)4/h9-12,14-16,19H,6-8,13H2,1-5H3,(H,24,27)(H,25,29)/t15-,16+,19-,23+/m1/s1. The van der Waals surface area contributed by atoms with Gasteiger partial charge in [-0.1, -0.05) is 64.8 Å². The minimum Gasteiger partial charge on any atom is -0.352 e. The molecule has 2 N–H and O–H groups in total. The summed E-state index contributed by atoms with van der Waals surface area (Å²) in [7, 11) is 0. The minimum absolute atomic E-state index is 0.0991. The van der Waals surface area contributed by atoms with E-state index in [4.69, 9.17) is 0 Å². The Balaban J connectivity index is 1.69. The van der Waals surface area contributed by atoms with Gasteiger partial charge in [-0.2, -0.15) is 0 Å². The third-order valence-electron chi connectivity index (χ3n) is 6.78. The fourth-order valence-electron chi connectivity index (χ4n) is 4.42. The molecule has 0 spiro atoms. The predicted molar refractivity (Wildman–Crippen MR) is 112 cm³/mol. The molecule has 2 aliphatic rings. The molecular formula is C23H33N3O3. The van der Waals surface area contributed by atoms with Crippen LogP contribution < -0.4 is 10.6 Å². The second kappa shape index (κ2) is 8.17. The van der Waals surface area contributed by atoms with E-state index in [9.17, 15) is 14.4 Å². The van der Waals surface area contributed by atoms with Gasteiger partial charge in [-0.3, -0.25) is 14.5 Å². The molecule has 0 unspecified atom stereocenters. The molecule has 1 aromatic rings. The Labute approximate surface area is 173 Å². The molecule has 1 saturated heterocycles. The molecule has 1 aromatic carbocycles. The number of carbonyl (C=O) groups is 3. The van der Waals surface area contributed by atoms with Crippen LogP contribution in [0.5, 0.6) is 0 Å². The number of nitrogens with zero attached hydrogens (tertiary/aromatic N) is 1. The van der Waals surface area contributed by atoms with Crippen LogP contribution in [0.15, 0.2) is 24.3 Å². The normalized spacial score (nSPS) is 29.9. The van der Waals surface area contributed by atoms with Crippen molar-refractivity contribution in [3.63, 3.8) is 0 Å². The lowest BCUT2D eigenvalue weighted by Gasteiger charge is -2.34. The van der Waals surface area contributed by atoms with Crippen LogP contribution in [0.4, 0.5) is 4.79 Å². The van der Waals surface area contributed by atoms with Gasteiger partial charge >= 0.3 is 6.03 Å². The molecule has 0 aromatic heterocycles. The number of urea groups is 1. The molecule has 1 saturated carbocycles. The minimum atomic E-state index is -1.15. The first-order valence-electron chi connectivity index (χ1n) is 10.7. The lowest BCUT2D eigenvalue weighted by molar-refractivity contribution is -0.135. The largest absolute Gasteiger partial charge is 0.352 e. The van der Waals surface area contributed by atoms with Crippen molar-refractivity contribution in [2.24, 2.45) is 11.8 Å². The molecule has 1 aliphatic carbocycles. The second-order valence-electron chi connectivity index (χ2n) is 9.16. The number of nitrogens with one attached hydrogen (secondary N) is 2. The average Bonchev–Trinajstić information content (AvgIpc) is 2.89. The van der Waals surface area contributed by atoms with E-state index in [1.54, 1.807) is 6.92 Å². The number of benzene rings is 1. The van der Waals surface area contributed by atoms with E-state index in [1.165, 1.54) is 12.0 Å². The molecule has 29 heavy (non-hydrogen) atoms. The molecule has 6 heteroatoms. The summed E-state index contributed by atoms with van der Waals surface area (Å²) in [5, 5.41) is 5.82. The summed E-state index contributed by atoms with van der Waals surface area (Å²) in [5.74, 6) is 0.665. The summed E-state index contributed by atoms with van der Waals surface area (Å²) >= 11 is 0. The first-order valence-corrected chi connectivity index (χ1v) is 10.7. The maximum absolute atomic E-state index is 13.1. The molecule has 6 nitrogen and oxygen atoms in total. The van der Waals surface area contributed by atoms with Crippen LogP contribution in [0.1, 0.15) is 70.9 Å². The van der Waals surface area contributed by atoms with E-state index >= 15 is 0 Å². The lowest BCUT2D eigenvalue weighted by atomic mass is 9.78. The van der Waals surface area contributed by atoms with Crippen LogP contribution in [-0.2, 0) is 15.1 Å². The fraction of sp³-hybridized carbons (Fsp3) is 0.609. The topological polar surface area (TPSA) is 78.5 Å². The van der Waals surface area contributed by atoms with Crippen molar-refractivity contribution in [3.05, 3.63) is 35.4 Å². The highest BCUT2D eigenvalue weighted by Gasteiger charge is 2.49. The van der Waals surface area contributed by atoms with Crippen molar-refractivity contribution in [2.45, 2.75) is 71.4 Å². The Hall–Kier alpha value is -2.37. The smallest absolute Gasteiger partial charge is 0.325 e. The SMILES string of the molecule is CC(C)c1ccc([C@]2(C)NC(=O)N(CC(=O)N[C@@H]3CCC[C@@H](C)[C@@H]3C)C2=O)cc1. The second-order valence-corrected chi connectivity index (χ2v) is 9.16. The van der Waals surface area contributed by atoms with Gasteiger partial charge in [-0.05, 0) is 42.2 Å². The van der Waals surface area contributed by atoms with E-state index in [0.717, 1.165) is 23.3 Å². The number of hydrogen-bond acceptors (Lipinski definition) is 3. The van der Waals surface area contributed by atoms with Crippen molar-refractivity contribution in [3.8, 4) is 0 Å². The summed E-state index contributed by atoms with van der Waals surface area (Å²) in [6.45, 7) is 10.0. The molecule has 2 fully saturated rings. The van der Waals surface area contributed by atoms with E-state index in [2.05, 4.69) is 38.3 Å². The zero-order valence-corrected chi connectivity index (χ0v) is 18.1. The molecule has 0 radical (unpaired) electrons. The maximum atomic E-state index is 13.1. The predicted octanol–water partition coefficient (Wildman–Crippen LogP) is 3.52. The van der Waals surface area contributed by atoms with E-state index < -0.39 is 11.6 Å². The van der Waals surface area contributed by atoms with Gasteiger partial charge in [0.2, 0.25) is 5.91 Å². The molecule has 1 aliphatic heterocycles. The Kier molecular flexibility index (Phi) is 6.01. The monoisotopic (exact) mass is 399 g/mol. The first kappa shape index (κ1) is 21.3. The van der Waals surface area contributed by atoms with Crippen molar-refractivity contribution in [1.82, 2.24) is 15.5 Å². The van der Waals surface area contributed by atoms with Gasteiger partial charge in [-0.25, -0.2) is 4.79 Å².